The number of para-hydroxylation sites is 1. The van der Waals surface area contributed by atoms with Crippen LogP contribution >= 0.6 is 0 Å². The molecule has 4 aromatic carbocycles. The maximum atomic E-state index is 5.58. The summed E-state index contributed by atoms with van der Waals surface area (Å²) in [4.78, 5) is 2.56. The highest BCUT2D eigenvalue weighted by molar-refractivity contribution is 5.63. The molecule has 3 heteroatoms. The van der Waals surface area contributed by atoms with E-state index in [1.54, 1.807) is 14.2 Å². The molecule has 0 saturated carbocycles. The first-order valence-corrected chi connectivity index (χ1v) is 12.8. The molecule has 184 valence electrons. The number of ether oxygens (including phenoxy) is 2. The van der Waals surface area contributed by atoms with Crippen molar-refractivity contribution in [1.29, 1.82) is 0 Å². The van der Waals surface area contributed by atoms with Crippen molar-refractivity contribution in [3.63, 3.8) is 0 Å². The van der Waals surface area contributed by atoms with Crippen LogP contribution < -0.4 is 14.4 Å². The molecule has 0 aromatic heterocycles. The number of hydrogen-bond acceptors (Lipinski definition) is 3. The second kappa shape index (κ2) is 10.9. The minimum absolute atomic E-state index is 0.0961. The van der Waals surface area contributed by atoms with Crippen molar-refractivity contribution in [2.45, 2.75) is 37.6 Å². The molecule has 0 unspecified atom stereocenters. The van der Waals surface area contributed by atoms with E-state index < -0.39 is 0 Å². The molecule has 0 atom stereocenters. The van der Waals surface area contributed by atoms with E-state index in [9.17, 15) is 0 Å². The molecule has 0 fully saturated rings. The lowest BCUT2D eigenvalue weighted by Crippen LogP contribution is -2.34. The summed E-state index contributed by atoms with van der Waals surface area (Å²) < 4.78 is 11.0. The number of anilines is 1. The van der Waals surface area contributed by atoms with Crippen LogP contribution in [0.25, 0.3) is 0 Å². The average Bonchev–Trinajstić information content (AvgIpc) is 3.25. The molecule has 1 heterocycles. The van der Waals surface area contributed by atoms with Gasteiger partial charge in [-0.05, 0) is 66.1 Å². The Morgan fingerprint density at radius 1 is 0.639 bits per heavy atom. The maximum Gasteiger partial charge on any atom is 0.161 e. The van der Waals surface area contributed by atoms with Gasteiger partial charge in [0.25, 0.3) is 0 Å². The lowest BCUT2D eigenvalue weighted by molar-refractivity contribution is 0.354. The van der Waals surface area contributed by atoms with Gasteiger partial charge in [0, 0.05) is 24.2 Å². The van der Waals surface area contributed by atoms with Gasteiger partial charge in [0.1, 0.15) is 0 Å². The lowest BCUT2D eigenvalue weighted by atomic mass is 9.73. The van der Waals surface area contributed by atoms with E-state index in [4.69, 9.17) is 9.47 Å². The van der Waals surface area contributed by atoms with E-state index in [-0.39, 0.29) is 5.41 Å². The molecule has 0 radical (unpaired) electrons. The Bertz CT molecular complexity index is 1230. The van der Waals surface area contributed by atoms with Crippen molar-refractivity contribution >= 4 is 5.69 Å². The highest BCUT2D eigenvalue weighted by Gasteiger charge is 2.41. The Morgan fingerprint density at radius 3 is 1.83 bits per heavy atom. The van der Waals surface area contributed by atoms with Gasteiger partial charge in [-0.15, -0.1) is 0 Å². The zero-order chi connectivity index (χ0) is 24.8. The molecule has 36 heavy (non-hydrogen) atoms. The third-order valence-electron chi connectivity index (χ3n) is 7.60. The molecule has 5 rings (SSSR count). The first-order chi connectivity index (χ1) is 17.7. The van der Waals surface area contributed by atoms with Crippen LogP contribution in [0, 0.1) is 0 Å². The molecule has 0 N–H and O–H groups in total. The van der Waals surface area contributed by atoms with Gasteiger partial charge in [-0.2, -0.15) is 0 Å². The average molecular weight is 478 g/mol. The summed E-state index contributed by atoms with van der Waals surface area (Å²) in [6, 6.07) is 37.1. The Morgan fingerprint density at radius 2 is 1.22 bits per heavy atom. The molecule has 4 aromatic rings. The van der Waals surface area contributed by atoms with Gasteiger partial charge >= 0.3 is 0 Å². The highest BCUT2D eigenvalue weighted by Crippen LogP contribution is 2.47. The van der Waals surface area contributed by atoms with Crippen LogP contribution in [0.1, 0.15) is 35.1 Å². The first kappa shape index (κ1) is 24.0. The fourth-order valence-electron chi connectivity index (χ4n) is 5.68. The van der Waals surface area contributed by atoms with Crippen LogP contribution in [0.5, 0.6) is 11.5 Å². The Balaban J connectivity index is 1.46. The van der Waals surface area contributed by atoms with Crippen LogP contribution in [-0.4, -0.2) is 20.8 Å². The van der Waals surface area contributed by atoms with E-state index in [0.29, 0.717) is 0 Å². The molecular weight excluding hydrogens is 442 g/mol. The Labute approximate surface area is 215 Å². The minimum Gasteiger partial charge on any atom is -0.493 e. The fourth-order valence-corrected chi connectivity index (χ4v) is 5.68. The zero-order valence-electron chi connectivity index (χ0n) is 21.3. The first-order valence-electron chi connectivity index (χ1n) is 12.8. The zero-order valence-corrected chi connectivity index (χ0v) is 21.3. The smallest absolute Gasteiger partial charge is 0.161 e. The molecular formula is C33H35NO2. The summed E-state index contributed by atoms with van der Waals surface area (Å²) in [6.07, 6.45) is 4.41. The third kappa shape index (κ3) is 5.11. The van der Waals surface area contributed by atoms with Crippen molar-refractivity contribution < 1.29 is 9.47 Å². The fraction of sp³-hybridized carbons (Fsp3) is 0.273. The highest BCUT2D eigenvalue weighted by atomic mass is 16.5. The van der Waals surface area contributed by atoms with E-state index in [0.717, 1.165) is 50.3 Å². The lowest BCUT2D eigenvalue weighted by Gasteiger charge is -2.31. The predicted octanol–water partition coefficient (Wildman–Crippen LogP) is 7.23. The van der Waals surface area contributed by atoms with E-state index >= 15 is 0 Å². The van der Waals surface area contributed by atoms with Gasteiger partial charge < -0.3 is 14.4 Å². The van der Waals surface area contributed by atoms with Crippen molar-refractivity contribution in [3.05, 3.63) is 125 Å². The molecule has 1 aliphatic rings. The van der Waals surface area contributed by atoms with Crippen LogP contribution in [0.3, 0.4) is 0 Å². The molecule has 0 bridgehead atoms. The van der Waals surface area contributed by atoms with Crippen LogP contribution in [0.4, 0.5) is 5.69 Å². The number of rotatable bonds is 10. The minimum atomic E-state index is 0.0961. The summed E-state index contributed by atoms with van der Waals surface area (Å²) in [5.41, 5.74) is 6.98. The van der Waals surface area contributed by atoms with Crippen molar-refractivity contribution in [1.82, 2.24) is 0 Å². The number of fused-ring (bicyclic) bond motifs is 1. The summed E-state index contributed by atoms with van der Waals surface area (Å²) in [6.45, 7) is 1.86. The number of hydrogen-bond donors (Lipinski definition) is 0. The van der Waals surface area contributed by atoms with Crippen LogP contribution in [0.2, 0.25) is 0 Å². The summed E-state index contributed by atoms with van der Waals surface area (Å²) in [5, 5.41) is 0. The van der Waals surface area contributed by atoms with Gasteiger partial charge in [-0.25, -0.2) is 0 Å². The normalized spacial score (nSPS) is 13.9. The largest absolute Gasteiger partial charge is 0.493 e. The Kier molecular flexibility index (Phi) is 7.27. The number of methoxy groups -OCH3 is 2. The number of nitrogens with zero attached hydrogens (tertiary/aromatic N) is 1. The quantitative estimate of drug-likeness (QED) is 0.241. The van der Waals surface area contributed by atoms with Crippen molar-refractivity contribution in [2.75, 3.05) is 25.7 Å². The monoisotopic (exact) mass is 477 g/mol. The predicted molar refractivity (Wildman–Crippen MR) is 148 cm³/mol. The standard InChI is InChI=1S/C33H35NO2/c1-35-31-18-17-28(23-32(31)36-2)24-34-25-33(29-15-9-10-16-30(29)34,21-19-26-11-5-3-6-12-26)22-20-27-13-7-4-8-14-27/h3-18,23H,19-22,24-25H2,1-2H3. The molecule has 0 aliphatic carbocycles. The van der Waals surface area contributed by atoms with Crippen LogP contribution in [-0.2, 0) is 24.8 Å². The molecule has 3 nitrogen and oxygen atoms in total. The second-order valence-electron chi connectivity index (χ2n) is 9.81. The topological polar surface area (TPSA) is 21.7 Å². The summed E-state index contributed by atoms with van der Waals surface area (Å²) in [5.74, 6) is 1.55. The van der Waals surface area contributed by atoms with Crippen LogP contribution in [0.15, 0.2) is 103 Å². The van der Waals surface area contributed by atoms with Gasteiger partial charge in [0.15, 0.2) is 11.5 Å². The van der Waals surface area contributed by atoms with E-state index in [2.05, 4.69) is 102 Å². The Hall–Kier alpha value is -3.72. The molecule has 0 saturated heterocycles. The van der Waals surface area contributed by atoms with Crippen molar-refractivity contribution in [3.8, 4) is 11.5 Å². The molecule has 1 aliphatic heterocycles. The van der Waals surface area contributed by atoms with Crippen molar-refractivity contribution in [2.24, 2.45) is 0 Å². The summed E-state index contributed by atoms with van der Waals surface area (Å²) in [7, 11) is 3.38. The number of aryl methyl sites for hydroxylation is 2. The number of benzene rings is 4. The van der Waals surface area contributed by atoms with Gasteiger partial charge in [-0.3, -0.25) is 0 Å². The second-order valence-corrected chi connectivity index (χ2v) is 9.81. The third-order valence-corrected chi connectivity index (χ3v) is 7.60. The van der Waals surface area contributed by atoms with Gasteiger partial charge in [-0.1, -0.05) is 84.9 Å². The molecule has 0 spiro atoms. The van der Waals surface area contributed by atoms with E-state index in [1.165, 1.54) is 27.9 Å². The van der Waals surface area contributed by atoms with E-state index in [1.807, 2.05) is 6.07 Å². The SMILES string of the molecule is COc1ccc(CN2CC(CCc3ccccc3)(CCc3ccccc3)c3ccccc32)cc1OC. The van der Waals surface area contributed by atoms with Gasteiger partial charge in [0.05, 0.1) is 14.2 Å². The summed E-state index contributed by atoms with van der Waals surface area (Å²) >= 11 is 0. The van der Waals surface area contributed by atoms with Gasteiger partial charge in [0.2, 0.25) is 0 Å². The molecule has 0 amide bonds. The maximum absolute atomic E-state index is 5.58.